The Bertz CT molecular complexity index is 1310. The van der Waals surface area contributed by atoms with E-state index >= 15 is 0 Å². The first-order valence-electron chi connectivity index (χ1n) is 11.4. The van der Waals surface area contributed by atoms with Crippen molar-refractivity contribution in [1.29, 1.82) is 0 Å². The second-order valence-electron chi connectivity index (χ2n) is 10.5. The molecular weight excluding hydrogens is 410 g/mol. The smallest absolute Gasteiger partial charge is 0.271 e. The lowest BCUT2D eigenvalue weighted by Gasteiger charge is -2.43. The average Bonchev–Trinajstić information content (AvgIpc) is 2.91. The molecule has 0 atom stereocenters. The molecule has 1 aliphatic heterocycles. The molecule has 2 aliphatic rings. The van der Waals surface area contributed by atoms with E-state index in [0.717, 1.165) is 41.1 Å². The fourth-order valence-corrected chi connectivity index (χ4v) is 5.19. The van der Waals surface area contributed by atoms with Gasteiger partial charge in [0.05, 0.1) is 27.7 Å². The van der Waals surface area contributed by atoms with Crippen LogP contribution >= 0.6 is 0 Å². The highest BCUT2D eigenvalue weighted by Crippen LogP contribution is 2.50. The molecule has 33 heavy (non-hydrogen) atoms. The number of hydrogen-bond acceptors (Lipinski definition) is 4. The number of aliphatic imine (C=N–C) groups is 1. The van der Waals surface area contributed by atoms with Crippen LogP contribution < -0.4 is 4.90 Å². The first-order valence-corrected chi connectivity index (χ1v) is 11.4. The maximum Gasteiger partial charge on any atom is 0.271 e. The van der Waals surface area contributed by atoms with Crippen molar-refractivity contribution in [3.63, 3.8) is 0 Å². The summed E-state index contributed by atoms with van der Waals surface area (Å²) in [4.78, 5) is 18.3. The number of nitrogens with zero attached hydrogens (tertiary/aromatic N) is 3. The van der Waals surface area contributed by atoms with Crippen LogP contribution in [0.4, 0.5) is 22.7 Å². The molecule has 5 nitrogen and oxygen atoms in total. The number of non-ortho nitro benzene ring substituents is 1. The van der Waals surface area contributed by atoms with Crippen molar-refractivity contribution in [3.05, 3.63) is 93.0 Å². The van der Waals surface area contributed by atoms with Crippen molar-refractivity contribution in [2.45, 2.75) is 51.4 Å². The zero-order valence-corrected chi connectivity index (χ0v) is 19.8. The Morgan fingerprint density at radius 3 is 2.15 bits per heavy atom. The van der Waals surface area contributed by atoms with Crippen LogP contribution in [0.2, 0.25) is 0 Å². The van der Waals surface area contributed by atoms with Gasteiger partial charge in [-0.3, -0.25) is 10.1 Å². The van der Waals surface area contributed by atoms with Crippen molar-refractivity contribution < 1.29 is 4.92 Å². The predicted octanol–water partition coefficient (Wildman–Crippen LogP) is 7.19. The van der Waals surface area contributed by atoms with Crippen LogP contribution in [0.15, 0.2) is 65.7 Å². The second kappa shape index (κ2) is 7.27. The van der Waals surface area contributed by atoms with E-state index in [2.05, 4.69) is 56.9 Å². The number of rotatable bonds is 2. The van der Waals surface area contributed by atoms with Gasteiger partial charge in [0, 0.05) is 30.3 Å². The topological polar surface area (TPSA) is 58.7 Å². The van der Waals surface area contributed by atoms with E-state index < -0.39 is 0 Å². The van der Waals surface area contributed by atoms with Gasteiger partial charge in [-0.05, 0) is 53.0 Å². The third-order valence-electron chi connectivity index (χ3n) is 7.40. The predicted molar refractivity (Wildman–Crippen MR) is 135 cm³/mol. The lowest BCUT2D eigenvalue weighted by Crippen LogP contribution is -2.34. The molecule has 1 aliphatic carbocycles. The normalized spacial score (nSPS) is 17.8. The van der Waals surface area contributed by atoms with Crippen molar-refractivity contribution in [1.82, 2.24) is 0 Å². The third-order valence-corrected chi connectivity index (χ3v) is 7.40. The Hall–Kier alpha value is -3.47. The Morgan fingerprint density at radius 1 is 0.879 bits per heavy atom. The van der Waals surface area contributed by atoms with E-state index in [1.807, 2.05) is 31.3 Å². The molecule has 0 N–H and O–H groups in total. The Kier molecular flexibility index (Phi) is 4.71. The summed E-state index contributed by atoms with van der Waals surface area (Å²) in [6.07, 6.45) is 2.27. The Morgan fingerprint density at radius 2 is 1.52 bits per heavy atom. The van der Waals surface area contributed by atoms with Crippen LogP contribution in [0.3, 0.4) is 0 Å². The molecule has 0 bridgehead atoms. The molecule has 1 heterocycles. The highest BCUT2D eigenvalue weighted by molar-refractivity contribution is 6.19. The summed E-state index contributed by atoms with van der Waals surface area (Å²) in [7, 11) is 2.03. The summed E-state index contributed by atoms with van der Waals surface area (Å²) in [5, 5.41) is 11.5. The molecule has 0 spiro atoms. The molecule has 0 saturated heterocycles. The van der Waals surface area contributed by atoms with Crippen molar-refractivity contribution in [2.24, 2.45) is 4.99 Å². The lowest BCUT2D eigenvalue weighted by molar-refractivity contribution is -0.384. The van der Waals surface area contributed by atoms with Crippen LogP contribution in [-0.4, -0.2) is 17.7 Å². The van der Waals surface area contributed by atoms with Gasteiger partial charge in [-0.2, -0.15) is 0 Å². The average molecular weight is 440 g/mol. The molecule has 0 saturated carbocycles. The maximum absolute atomic E-state index is 11.5. The summed E-state index contributed by atoms with van der Waals surface area (Å²) in [6, 6.07) is 19.7. The van der Waals surface area contributed by atoms with E-state index in [1.54, 1.807) is 12.1 Å². The van der Waals surface area contributed by atoms with Crippen molar-refractivity contribution in [2.75, 3.05) is 11.9 Å². The number of fused-ring (bicyclic) bond motifs is 3. The number of hydrogen-bond donors (Lipinski definition) is 0. The fourth-order valence-electron chi connectivity index (χ4n) is 5.19. The van der Waals surface area contributed by atoms with Gasteiger partial charge in [-0.25, -0.2) is 4.99 Å². The molecule has 168 valence electrons. The van der Waals surface area contributed by atoms with Crippen molar-refractivity contribution in [3.8, 4) is 0 Å². The monoisotopic (exact) mass is 439 g/mol. The molecule has 3 aromatic rings. The SMILES string of the molecule is CN1c2ccc([N+](=O)[O-])cc2N=C(c2ccccc2)c2cc3c(cc21)C(C)(C)CCC3(C)C. The van der Waals surface area contributed by atoms with Gasteiger partial charge in [0.25, 0.3) is 5.69 Å². The van der Waals surface area contributed by atoms with E-state index in [9.17, 15) is 10.1 Å². The van der Waals surface area contributed by atoms with E-state index in [1.165, 1.54) is 11.1 Å². The third kappa shape index (κ3) is 3.43. The standard InChI is InChI=1S/C28H29N3O2/c1-27(2)13-14-28(3,4)22-17-25-20(16-21(22)27)26(18-9-7-6-8-10-18)29-23-15-19(31(32)33)11-12-24(23)30(25)5/h6-12,15-17H,13-14H2,1-5H3. The van der Waals surface area contributed by atoms with Gasteiger partial charge in [0.1, 0.15) is 0 Å². The van der Waals surface area contributed by atoms with Crippen LogP contribution in [0.25, 0.3) is 0 Å². The van der Waals surface area contributed by atoms with Crippen LogP contribution in [0.1, 0.15) is 62.8 Å². The van der Waals surface area contributed by atoms with Crippen molar-refractivity contribution >= 4 is 28.5 Å². The molecule has 5 heteroatoms. The first kappa shape index (κ1) is 21.4. The summed E-state index contributed by atoms with van der Waals surface area (Å²) in [5.41, 5.74) is 8.39. The van der Waals surface area contributed by atoms with Crippen LogP contribution in [0.5, 0.6) is 0 Å². The Balaban J connectivity index is 1.85. The molecule has 0 unspecified atom stereocenters. The molecule has 0 aromatic heterocycles. The first-order chi connectivity index (χ1) is 15.6. The quantitative estimate of drug-likeness (QED) is 0.313. The van der Waals surface area contributed by atoms with Gasteiger partial charge < -0.3 is 4.90 Å². The zero-order chi connectivity index (χ0) is 23.5. The highest BCUT2D eigenvalue weighted by atomic mass is 16.6. The molecular formula is C28H29N3O2. The minimum atomic E-state index is -0.361. The summed E-state index contributed by atoms with van der Waals surface area (Å²) < 4.78 is 0. The van der Waals surface area contributed by atoms with Crippen LogP contribution in [-0.2, 0) is 10.8 Å². The summed E-state index contributed by atoms with van der Waals surface area (Å²) in [6.45, 7) is 9.30. The molecule has 5 rings (SSSR count). The molecule has 0 fully saturated rings. The molecule has 0 radical (unpaired) electrons. The number of benzene rings is 3. The zero-order valence-electron chi connectivity index (χ0n) is 19.8. The van der Waals surface area contributed by atoms with Gasteiger partial charge >= 0.3 is 0 Å². The maximum atomic E-state index is 11.5. The summed E-state index contributed by atoms with van der Waals surface area (Å²) in [5.74, 6) is 0. The van der Waals surface area contributed by atoms with Gasteiger partial charge in [-0.15, -0.1) is 0 Å². The fraction of sp³-hybridized carbons (Fsp3) is 0.321. The van der Waals surface area contributed by atoms with Crippen LogP contribution in [0, 0.1) is 10.1 Å². The van der Waals surface area contributed by atoms with E-state index in [-0.39, 0.29) is 21.4 Å². The van der Waals surface area contributed by atoms with E-state index in [0.29, 0.717) is 5.69 Å². The van der Waals surface area contributed by atoms with Gasteiger partial charge in [-0.1, -0.05) is 58.0 Å². The Labute approximate surface area is 194 Å². The summed E-state index contributed by atoms with van der Waals surface area (Å²) >= 11 is 0. The van der Waals surface area contributed by atoms with Gasteiger partial charge in [0.15, 0.2) is 0 Å². The molecule has 3 aromatic carbocycles. The minimum absolute atomic E-state index is 0.0471. The lowest BCUT2D eigenvalue weighted by atomic mass is 9.62. The number of anilines is 2. The van der Waals surface area contributed by atoms with Gasteiger partial charge in [0.2, 0.25) is 0 Å². The number of nitro groups is 1. The minimum Gasteiger partial charge on any atom is -0.342 e. The highest BCUT2D eigenvalue weighted by Gasteiger charge is 2.39. The second-order valence-corrected chi connectivity index (χ2v) is 10.5. The largest absolute Gasteiger partial charge is 0.342 e. The number of nitro benzene ring substituents is 1. The van der Waals surface area contributed by atoms with E-state index in [4.69, 9.17) is 4.99 Å². The molecule has 0 amide bonds.